The van der Waals surface area contributed by atoms with Crippen molar-refractivity contribution in [3.63, 3.8) is 0 Å². The van der Waals surface area contributed by atoms with E-state index in [1.165, 1.54) is 6.92 Å². The van der Waals surface area contributed by atoms with E-state index in [0.29, 0.717) is 0 Å². The molecule has 0 aliphatic rings. The minimum Gasteiger partial charge on any atom is -0.368 e. The summed E-state index contributed by atoms with van der Waals surface area (Å²) in [5.74, 6) is 0. The number of ether oxygens (including phenoxy) is 1. The fourth-order valence-electron chi connectivity index (χ4n) is 0.497. The fraction of sp³-hybridized carbons (Fsp3) is 1.00. The molecule has 0 aromatic carbocycles. The van der Waals surface area contributed by atoms with E-state index in [1.807, 2.05) is 0 Å². The van der Waals surface area contributed by atoms with Crippen molar-refractivity contribution in [1.82, 2.24) is 0 Å². The molecule has 1 unspecified atom stereocenters. The molecule has 10 heavy (non-hydrogen) atoms. The average Bonchev–Trinajstić information content (AvgIpc) is 1.80. The molecular formula is C5H10F3NO. The van der Waals surface area contributed by atoms with E-state index in [9.17, 15) is 13.2 Å². The van der Waals surface area contributed by atoms with Crippen molar-refractivity contribution >= 4 is 0 Å². The van der Waals surface area contributed by atoms with Gasteiger partial charge in [0, 0.05) is 13.2 Å². The highest BCUT2D eigenvalue weighted by Gasteiger charge is 2.39. The maximum Gasteiger partial charge on any atom is 0.415 e. The Morgan fingerprint density at radius 2 is 2.00 bits per heavy atom. The molecule has 0 aliphatic heterocycles. The molecule has 0 saturated carbocycles. The zero-order valence-corrected chi connectivity index (χ0v) is 5.61. The summed E-state index contributed by atoms with van der Waals surface area (Å²) >= 11 is 0. The molecule has 0 rings (SSSR count). The number of nitrogens with two attached hydrogens (primary N) is 1. The first-order valence-electron chi connectivity index (χ1n) is 2.90. The second-order valence-corrected chi connectivity index (χ2v) is 1.72. The summed E-state index contributed by atoms with van der Waals surface area (Å²) in [6.07, 6.45) is -6.14. The minimum absolute atomic E-state index is 0.0291. The van der Waals surface area contributed by atoms with Crippen LogP contribution in [0.1, 0.15) is 6.92 Å². The first-order chi connectivity index (χ1) is 4.52. The molecule has 0 bridgehead atoms. The SMILES string of the molecule is CCOC(CN)C(F)(F)F. The van der Waals surface area contributed by atoms with E-state index in [2.05, 4.69) is 4.74 Å². The van der Waals surface area contributed by atoms with Gasteiger partial charge in [-0.2, -0.15) is 13.2 Å². The second kappa shape index (κ2) is 3.78. The highest BCUT2D eigenvalue weighted by molar-refractivity contribution is 4.67. The van der Waals surface area contributed by atoms with Gasteiger partial charge in [0.2, 0.25) is 0 Å². The summed E-state index contributed by atoms with van der Waals surface area (Å²) in [6.45, 7) is 1.01. The van der Waals surface area contributed by atoms with Gasteiger partial charge in [0.15, 0.2) is 6.10 Å². The highest BCUT2D eigenvalue weighted by Crippen LogP contribution is 2.21. The van der Waals surface area contributed by atoms with E-state index in [1.54, 1.807) is 0 Å². The summed E-state index contributed by atoms with van der Waals surface area (Å²) in [5, 5.41) is 0. The monoisotopic (exact) mass is 157 g/mol. The Hall–Kier alpha value is -0.290. The predicted octanol–water partition coefficient (Wildman–Crippen LogP) is 0.912. The van der Waals surface area contributed by atoms with E-state index in [0.717, 1.165) is 0 Å². The molecule has 0 fully saturated rings. The summed E-state index contributed by atoms with van der Waals surface area (Å²) in [7, 11) is 0. The third-order valence-electron chi connectivity index (χ3n) is 0.947. The molecular weight excluding hydrogens is 147 g/mol. The number of hydrogen-bond acceptors (Lipinski definition) is 2. The van der Waals surface area contributed by atoms with Crippen LogP contribution in [0.3, 0.4) is 0 Å². The first kappa shape index (κ1) is 9.71. The third-order valence-corrected chi connectivity index (χ3v) is 0.947. The highest BCUT2D eigenvalue weighted by atomic mass is 19.4. The molecule has 0 aliphatic carbocycles. The second-order valence-electron chi connectivity index (χ2n) is 1.72. The van der Waals surface area contributed by atoms with E-state index >= 15 is 0 Å². The van der Waals surface area contributed by atoms with Gasteiger partial charge >= 0.3 is 6.18 Å². The van der Waals surface area contributed by atoms with Crippen molar-refractivity contribution in [3.05, 3.63) is 0 Å². The third kappa shape index (κ3) is 3.03. The van der Waals surface area contributed by atoms with Gasteiger partial charge in [-0.1, -0.05) is 0 Å². The topological polar surface area (TPSA) is 35.2 Å². The van der Waals surface area contributed by atoms with Crippen LogP contribution in [0.25, 0.3) is 0 Å². The molecule has 0 saturated heterocycles. The van der Waals surface area contributed by atoms with Gasteiger partial charge < -0.3 is 10.5 Å². The molecule has 0 aromatic rings. The van der Waals surface area contributed by atoms with Crippen molar-refractivity contribution in [1.29, 1.82) is 0 Å². The van der Waals surface area contributed by atoms with Crippen LogP contribution >= 0.6 is 0 Å². The van der Waals surface area contributed by atoms with Gasteiger partial charge in [-0.15, -0.1) is 0 Å². The summed E-state index contributed by atoms with van der Waals surface area (Å²) in [6, 6.07) is 0. The van der Waals surface area contributed by atoms with Gasteiger partial charge in [-0.25, -0.2) is 0 Å². The Labute approximate surface area is 57.1 Å². The largest absolute Gasteiger partial charge is 0.415 e. The molecule has 0 radical (unpaired) electrons. The van der Waals surface area contributed by atoms with Crippen LogP contribution in [0, 0.1) is 0 Å². The van der Waals surface area contributed by atoms with Gasteiger partial charge in [-0.05, 0) is 6.92 Å². The molecule has 1 atom stereocenters. The maximum absolute atomic E-state index is 11.7. The van der Waals surface area contributed by atoms with Crippen LogP contribution in [-0.2, 0) is 4.74 Å². The molecule has 62 valence electrons. The lowest BCUT2D eigenvalue weighted by atomic mass is 10.3. The zero-order valence-electron chi connectivity index (χ0n) is 5.61. The Kier molecular flexibility index (Phi) is 3.67. The van der Waals surface area contributed by atoms with Crippen LogP contribution in [0.15, 0.2) is 0 Å². The molecule has 0 heterocycles. The Balaban J connectivity index is 3.81. The van der Waals surface area contributed by atoms with Crippen molar-refractivity contribution in [2.24, 2.45) is 5.73 Å². The van der Waals surface area contributed by atoms with Crippen LogP contribution < -0.4 is 5.73 Å². The molecule has 5 heteroatoms. The molecule has 2 nitrogen and oxygen atoms in total. The molecule has 2 N–H and O–H groups in total. The van der Waals surface area contributed by atoms with Crippen LogP contribution in [-0.4, -0.2) is 25.4 Å². The maximum atomic E-state index is 11.7. The van der Waals surface area contributed by atoms with Gasteiger partial charge in [0.1, 0.15) is 0 Å². The lowest BCUT2D eigenvalue weighted by Crippen LogP contribution is -2.38. The number of hydrogen-bond donors (Lipinski definition) is 1. The van der Waals surface area contributed by atoms with Crippen molar-refractivity contribution in [2.45, 2.75) is 19.2 Å². The van der Waals surface area contributed by atoms with E-state index in [-0.39, 0.29) is 6.61 Å². The van der Waals surface area contributed by atoms with Crippen molar-refractivity contribution in [3.8, 4) is 0 Å². The quantitative estimate of drug-likeness (QED) is 0.660. The Morgan fingerprint density at radius 3 is 2.10 bits per heavy atom. The van der Waals surface area contributed by atoms with Crippen LogP contribution in [0.4, 0.5) is 13.2 Å². The summed E-state index contributed by atoms with van der Waals surface area (Å²) < 4.78 is 39.4. The van der Waals surface area contributed by atoms with E-state index in [4.69, 9.17) is 5.73 Å². The molecule has 0 amide bonds. The zero-order chi connectivity index (χ0) is 8.20. The fourth-order valence-corrected chi connectivity index (χ4v) is 0.497. The average molecular weight is 157 g/mol. The lowest BCUT2D eigenvalue weighted by Gasteiger charge is -2.17. The first-order valence-corrected chi connectivity index (χ1v) is 2.90. The van der Waals surface area contributed by atoms with Gasteiger partial charge in [0.25, 0.3) is 0 Å². The normalized spacial score (nSPS) is 15.3. The number of halogens is 3. The van der Waals surface area contributed by atoms with E-state index < -0.39 is 18.8 Å². The van der Waals surface area contributed by atoms with Crippen LogP contribution in [0.5, 0.6) is 0 Å². The van der Waals surface area contributed by atoms with Crippen molar-refractivity contribution in [2.75, 3.05) is 13.2 Å². The lowest BCUT2D eigenvalue weighted by molar-refractivity contribution is -0.215. The summed E-state index contributed by atoms with van der Waals surface area (Å²) in [4.78, 5) is 0. The number of rotatable bonds is 3. The Bertz CT molecular complexity index is 93.4. The van der Waals surface area contributed by atoms with Crippen molar-refractivity contribution < 1.29 is 17.9 Å². The van der Waals surface area contributed by atoms with Gasteiger partial charge in [-0.3, -0.25) is 0 Å². The predicted molar refractivity (Wildman–Crippen MR) is 30.5 cm³/mol. The van der Waals surface area contributed by atoms with Gasteiger partial charge in [0.05, 0.1) is 0 Å². The number of alkyl halides is 3. The minimum atomic E-state index is -4.33. The summed E-state index contributed by atoms with van der Waals surface area (Å²) in [5.41, 5.74) is 4.80. The Morgan fingerprint density at radius 1 is 1.50 bits per heavy atom. The van der Waals surface area contributed by atoms with Crippen LogP contribution in [0.2, 0.25) is 0 Å². The molecule has 0 spiro atoms. The standard InChI is InChI=1S/C5H10F3NO/c1-2-10-4(3-9)5(6,7)8/h4H,2-3,9H2,1H3. The molecule has 0 aromatic heterocycles. The smallest absolute Gasteiger partial charge is 0.368 e.